The highest BCUT2D eigenvalue weighted by Crippen LogP contribution is 2.34. The Morgan fingerprint density at radius 1 is 1.50 bits per heavy atom. The standard InChI is InChI=1S/C10H6BrClFNOS/c11-10-9(16-4-14-10)8(15)6-2-1-5(13)3-7(6)12/h1-4,8,15H. The van der Waals surface area contributed by atoms with E-state index in [0.717, 1.165) is 0 Å². The maximum atomic E-state index is 12.8. The maximum absolute atomic E-state index is 12.8. The summed E-state index contributed by atoms with van der Waals surface area (Å²) in [4.78, 5) is 4.62. The van der Waals surface area contributed by atoms with Crippen molar-refractivity contribution in [1.82, 2.24) is 4.98 Å². The number of nitrogens with zero attached hydrogens (tertiary/aromatic N) is 1. The highest BCUT2D eigenvalue weighted by molar-refractivity contribution is 9.10. The van der Waals surface area contributed by atoms with Crippen molar-refractivity contribution in [2.45, 2.75) is 6.10 Å². The molecule has 84 valence electrons. The Balaban J connectivity index is 2.41. The average molecular weight is 323 g/mol. The number of hydrogen-bond donors (Lipinski definition) is 1. The highest BCUT2D eigenvalue weighted by atomic mass is 79.9. The smallest absolute Gasteiger partial charge is 0.124 e. The molecular weight excluding hydrogens is 317 g/mol. The van der Waals surface area contributed by atoms with Gasteiger partial charge in [-0.3, -0.25) is 0 Å². The molecule has 0 bridgehead atoms. The third kappa shape index (κ3) is 2.27. The second-order valence-electron chi connectivity index (χ2n) is 3.08. The molecule has 1 unspecified atom stereocenters. The fourth-order valence-corrected chi connectivity index (χ4v) is 2.97. The Morgan fingerprint density at radius 2 is 2.25 bits per heavy atom. The van der Waals surface area contributed by atoms with Crippen LogP contribution in [0.4, 0.5) is 4.39 Å². The molecule has 16 heavy (non-hydrogen) atoms. The van der Waals surface area contributed by atoms with Gasteiger partial charge in [0.1, 0.15) is 16.5 Å². The number of aliphatic hydroxyl groups is 1. The van der Waals surface area contributed by atoms with Crippen LogP contribution in [0.3, 0.4) is 0 Å². The van der Waals surface area contributed by atoms with Crippen molar-refractivity contribution in [2.75, 3.05) is 0 Å². The summed E-state index contributed by atoms with van der Waals surface area (Å²) in [7, 11) is 0. The SMILES string of the molecule is OC(c1ccc(F)cc1Cl)c1scnc1Br. The van der Waals surface area contributed by atoms with Gasteiger partial charge >= 0.3 is 0 Å². The lowest BCUT2D eigenvalue weighted by atomic mass is 10.1. The summed E-state index contributed by atoms with van der Waals surface area (Å²) in [6.45, 7) is 0. The largest absolute Gasteiger partial charge is 0.383 e. The summed E-state index contributed by atoms with van der Waals surface area (Å²) in [5, 5.41) is 10.3. The van der Waals surface area contributed by atoms with E-state index in [1.807, 2.05) is 0 Å². The molecule has 0 fully saturated rings. The average Bonchev–Trinajstić information content (AvgIpc) is 2.63. The molecule has 1 heterocycles. The zero-order valence-electron chi connectivity index (χ0n) is 7.82. The molecule has 0 aliphatic heterocycles. The summed E-state index contributed by atoms with van der Waals surface area (Å²) in [5.41, 5.74) is 2.08. The molecule has 0 saturated heterocycles. The van der Waals surface area contributed by atoms with Gasteiger partial charge in [0.25, 0.3) is 0 Å². The Hall–Kier alpha value is -0.490. The van der Waals surface area contributed by atoms with E-state index >= 15 is 0 Å². The fraction of sp³-hybridized carbons (Fsp3) is 0.100. The zero-order valence-corrected chi connectivity index (χ0v) is 11.0. The van der Waals surface area contributed by atoms with Gasteiger partial charge in [-0.1, -0.05) is 17.7 Å². The minimum atomic E-state index is -0.894. The van der Waals surface area contributed by atoms with Crippen molar-refractivity contribution < 1.29 is 9.50 Å². The van der Waals surface area contributed by atoms with Crippen molar-refractivity contribution in [3.05, 3.63) is 49.6 Å². The lowest BCUT2D eigenvalue weighted by molar-refractivity contribution is 0.223. The minimum Gasteiger partial charge on any atom is -0.383 e. The van der Waals surface area contributed by atoms with Crippen molar-refractivity contribution in [2.24, 2.45) is 0 Å². The van der Waals surface area contributed by atoms with E-state index in [0.29, 0.717) is 15.0 Å². The topological polar surface area (TPSA) is 33.1 Å². The summed E-state index contributed by atoms with van der Waals surface area (Å²) in [5.74, 6) is -0.427. The highest BCUT2D eigenvalue weighted by Gasteiger charge is 2.18. The van der Waals surface area contributed by atoms with Gasteiger partial charge in [-0.05, 0) is 28.1 Å². The van der Waals surface area contributed by atoms with Crippen LogP contribution in [-0.4, -0.2) is 10.1 Å². The molecule has 2 aromatic rings. The van der Waals surface area contributed by atoms with Crippen LogP contribution in [0.25, 0.3) is 0 Å². The third-order valence-corrected chi connectivity index (χ3v) is 4.16. The minimum absolute atomic E-state index is 0.202. The molecule has 0 radical (unpaired) electrons. The predicted octanol–water partition coefficient (Wildman–Crippen LogP) is 3.78. The maximum Gasteiger partial charge on any atom is 0.124 e. The number of rotatable bonds is 2. The summed E-state index contributed by atoms with van der Waals surface area (Å²) < 4.78 is 13.4. The quantitative estimate of drug-likeness (QED) is 0.913. The van der Waals surface area contributed by atoms with Crippen molar-refractivity contribution >= 4 is 38.9 Å². The van der Waals surface area contributed by atoms with E-state index in [2.05, 4.69) is 20.9 Å². The second kappa shape index (κ2) is 4.79. The van der Waals surface area contributed by atoms with E-state index in [9.17, 15) is 9.50 Å². The Labute approximate surface area is 109 Å². The normalized spacial score (nSPS) is 12.8. The fourth-order valence-electron chi connectivity index (χ4n) is 1.28. The van der Waals surface area contributed by atoms with Crippen LogP contribution in [0, 0.1) is 5.82 Å². The number of hydrogen-bond acceptors (Lipinski definition) is 3. The zero-order chi connectivity index (χ0) is 11.7. The second-order valence-corrected chi connectivity index (χ2v) is 5.12. The molecule has 2 nitrogen and oxygen atoms in total. The van der Waals surface area contributed by atoms with Gasteiger partial charge < -0.3 is 5.11 Å². The van der Waals surface area contributed by atoms with Crippen LogP contribution in [0.15, 0.2) is 28.3 Å². The van der Waals surface area contributed by atoms with Crippen LogP contribution < -0.4 is 0 Å². The monoisotopic (exact) mass is 321 g/mol. The van der Waals surface area contributed by atoms with Crippen LogP contribution in [-0.2, 0) is 0 Å². The first-order chi connectivity index (χ1) is 7.59. The molecule has 0 aliphatic rings. The van der Waals surface area contributed by atoms with E-state index in [1.165, 1.54) is 29.5 Å². The predicted molar refractivity (Wildman–Crippen MR) is 65.3 cm³/mol. The lowest BCUT2D eigenvalue weighted by Crippen LogP contribution is -1.99. The molecular formula is C10H6BrClFNOS. The van der Waals surface area contributed by atoms with E-state index < -0.39 is 11.9 Å². The Bertz CT molecular complexity index is 519. The summed E-state index contributed by atoms with van der Waals surface area (Å²) in [6.07, 6.45) is -0.894. The van der Waals surface area contributed by atoms with Crippen LogP contribution in [0.5, 0.6) is 0 Å². The Kier molecular flexibility index (Phi) is 3.59. The van der Waals surface area contributed by atoms with Crippen LogP contribution >= 0.6 is 38.9 Å². The Morgan fingerprint density at radius 3 is 2.81 bits per heavy atom. The molecule has 0 aliphatic carbocycles. The molecule has 1 N–H and O–H groups in total. The van der Waals surface area contributed by atoms with Crippen LogP contribution in [0.1, 0.15) is 16.5 Å². The summed E-state index contributed by atoms with van der Waals surface area (Å²) >= 11 is 10.4. The molecule has 2 rings (SSSR count). The van der Waals surface area contributed by atoms with Gasteiger partial charge in [-0.2, -0.15) is 0 Å². The van der Waals surface area contributed by atoms with Crippen LogP contribution in [0.2, 0.25) is 5.02 Å². The first kappa shape index (κ1) is 12.0. The van der Waals surface area contributed by atoms with Crippen molar-refractivity contribution in [1.29, 1.82) is 0 Å². The van der Waals surface area contributed by atoms with Crippen molar-refractivity contribution in [3.63, 3.8) is 0 Å². The van der Waals surface area contributed by atoms with Gasteiger partial charge in [0.05, 0.1) is 10.4 Å². The third-order valence-electron chi connectivity index (χ3n) is 2.05. The molecule has 0 saturated carbocycles. The van der Waals surface area contributed by atoms with E-state index in [4.69, 9.17) is 11.6 Å². The molecule has 0 spiro atoms. The molecule has 1 aromatic heterocycles. The van der Waals surface area contributed by atoms with Gasteiger partial charge in [0, 0.05) is 10.6 Å². The lowest BCUT2D eigenvalue weighted by Gasteiger charge is -2.11. The van der Waals surface area contributed by atoms with Gasteiger partial charge in [-0.15, -0.1) is 11.3 Å². The number of benzene rings is 1. The molecule has 0 amide bonds. The number of aliphatic hydroxyl groups excluding tert-OH is 1. The summed E-state index contributed by atoms with van der Waals surface area (Å²) in [6, 6.07) is 3.91. The van der Waals surface area contributed by atoms with E-state index in [1.54, 1.807) is 5.51 Å². The number of thiazole rings is 1. The van der Waals surface area contributed by atoms with Gasteiger partial charge in [-0.25, -0.2) is 9.37 Å². The molecule has 6 heteroatoms. The van der Waals surface area contributed by atoms with Gasteiger partial charge in [0.15, 0.2) is 0 Å². The first-order valence-electron chi connectivity index (χ1n) is 4.31. The molecule has 1 atom stereocenters. The molecule has 1 aromatic carbocycles. The first-order valence-corrected chi connectivity index (χ1v) is 6.36. The number of halogens is 3. The van der Waals surface area contributed by atoms with Gasteiger partial charge in [0.2, 0.25) is 0 Å². The van der Waals surface area contributed by atoms with Crippen molar-refractivity contribution in [3.8, 4) is 0 Å². The number of aromatic nitrogens is 1. The van der Waals surface area contributed by atoms with E-state index in [-0.39, 0.29) is 5.02 Å².